The summed E-state index contributed by atoms with van der Waals surface area (Å²) in [5, 5.41) is 3.55. The maximum absolute atomic E-state index is 3.71. The maximum Gasteiger partial charge on any atom is 0.0758 e. The number of thiophene rings is 1. The van der Waals surface area contributed by atoms with E-state index < -0.39 is 0 Å². The van der Waals surface area contributed by atoms with Crippen LogP contribution in [0.4, 0.5) is 0 Å². The Labute approximate surface area is 131 Å². The Morgan fingerprint density at radius 1 is 1.39 bits per heavy atom. The summed E-state index contributed by atoms with van der Waals surface area (Å²) >= 11 is 9.08. The zero-order chi connectivity index (χ0) is 13.3. The van der Waals surface area contributed by atoms with Crippen molar-refractivity contribution in [3.8, 4) is 0 Å². The summed E-state index contributed by atoms with van der Waals surface area (Å²) in [7, 11) is 2.09. The van der Waals surface area contributed by atoms with Gasteiger partial charge in [-0.3, -0.25) is 0 Å². The third kappa shape index (κ3) is 3.02. The predicted molar refractivity (Wildman–Crippen MR) is 87.3 cm³/mol. The van der Waals surface area contributed by atoms with E-state index in [1.807, 2.05) is 0 Å². The lowest BCUT2D eigenvalue weighted by molar-refractivity contribution is 0.101. The van der Waals surface area contributed by atoms with E-state index in [2.05, 4.69) is 64.1 Å². The summed E-state index contributed by atoms with van der Waals surface area (Å²) in [4.78, 5) is 0. The summed E-state index contributed by atoms with van der Waals surface area (Å²) in [6.45, 7) is 4.85. The minimum absolute atomic E-state index is 0.430. The minimum Gasteiger partial charge on any atom is -0.313 e. The fraction of sp³-hybridized carbons (Fsp3) is 0.714. The van der Waals surface area contributed by atoms with Gasteiger partial charge in [-0.05, 0) is 74.7 Å². The first-order valence-corrected chi connectivity index (χ1v) is 8.98. The van der Waals surface area contributed by atoms with Gasteiger partial charge in [0.1, 0.15) is 0 Å². The molecule has 0 radical (unpaired) electrons. The Morgan fingerprint density at radius 2 is 2.11 bits per heavy atom. The fourth-order valence-electron chi connectivity index (χ4n) is 3.28. The van der Waals surface area contributed by atoms with Crippen LogP contribution in [0.3, 0.4) is 0 Å². The monoisotopic (exact) mass is 393 g/mol. The molecule has 1 heterocycles. The van der Waals surface area contributed by atoms with Gasteiger partial charge in [-0.2, -0.15) is 0 Å². The highest BCUT2D eigenvalue weighted by molar-refractivity contribution is 9.12. The molecule has 18 heavy (non-hydrogen) atoms. The average Bonchev–Trinajstić information content (AvgIpc) is 2.61. The van der Waals surface area contributed by atoms with Crippen molar-refractivity contribution in [2.45, 2.75) is 45.6 Å². The largest absolute Gasteiger partial charge is 0.313 e. The molecule has 2 rings (SSSR count). The first-order valence-electron chi connectivity index (χ1n) is 6.57. The molecular weight excluding hydrogens is 374 g/mol. The average molecular weight is 395 g/mol. The van der Waals surface area contributed by atoms with Crippen LogP contribution in [0.25, 0.3) is 0 Å². The predicted octanol–water partition coefficient (Wildman–Crippen LogP) is 5.75. The highest BCUT2D eigenvalue weighted by Crippen LogP contribution is 2.49. The van der Waals surface area contributed by atoms with Crippen molar-refractivity contribution >= 4 is 43.2 Å². The molecule has 1 aromatic rings. The van der Waals surface area contributed by atoms with Crippen molar-refractivity contribution in [1.29, 1.82) is 0 Å². The van der Waals surface area contributed by atoms with Gasteiger partial charge in [-0.1, -0.05) is 26.7 Å². The van der Waals surface area contributed by atoms with Crippen molar-refractivity contribution < 1.29 is 0 Å². The van der Waals surface area contributed by atoms with E-state index in [0.717, 1.165) is 0 Å². The molecule has 1 nitrogen and oxygen atoms in total. The van der Waals surface area contributed by atoms with Crippen molar-refractivity contribution in [3.05, 3.63) is 19.2 Å². The molecule has 0 bridgehead atoms. The molecule has 1 N–H and O–H groups in total. The van der Waals surface area contributed by atoms with Gasteiger partial charge in [-0.15, -0.1) is 11.3 Å². The van der Waals surface area contributed by atoms with Gasteiger partial charge in [0.15, 0.2) is 0 Å². The van der Waals surface area contributed by atoms with Crippen LogP contribution in [0.2, 0.25) is 0 Å². The van der Waals surface area contributed by atoms with Crippen molar-refractivity contribution in [3.63, 3.8) is 0 Å². The first-order chi connectivity index (χ1) is 8.45. The Hall–Kier alpha value is 0.620. The molecule has 0 aliphatic heterocycles. The molecule has 1 aromatic heterocycles. The van der Waals surface area contributed by atoms with Gasteiger partial charge in [-0.25, -0.2) is 0 Å². The van der Waals surface area contributed by atoms with E-state index in [-0.39, 0.29) is 0 Å². The molecule has 0 spiro atoms. The van der Waals surface area contributed by atoms with E-state index in [1.165, 1.54) is 38.8 Å². The Morgan fingerprint density at radius 3 is 2.61 bits per heavy atom. The topological polar surface area (TPSA) is 12.0 Å². The van der Waals surface area contributed by atoms with Crippen LogP contribution in [0.15, 0.2) is 13.6 Å². The van der Waals surface area contributed by atoms with Gasteiger partial charge < -0.3 is 5.32 Å². The molecule has 2 unspecified atom stereocenters. The molecule has 102 valence electrons. The number of hydrogen-bond acceptors (Lipinski definition) is 2. The maximum atomic E-state index is 3.71. The van der Waals surface area contributed by atoms with Crippen LogP contribution in [0.1, 0.15) is 51.1 Å². The summed E-state index contributed by atoms with van der Waals surface area (Å²) in [5.74, 6) is 0.717. The van der Waals surface area contributed by atoms with E-state index in [9.17, 15) is 0 Å². The van der Waals surface area contributed by atoms with Gasteiger partial charge in [0, 0.05) is 6.04 Å². The Balaban J connectivity index is 2.30. The molecule has 1 aliphatic rings. The Kier molecular flexibility index (Phi) is 4.96. The molecular formula is C14H21Br2NS. The standard InChI is InChI=1S/C14H21Br2NS/c1-14(2)7-5-4-6-10(14)12(17-3)9-8-11(15)18-13(9)16/h8,10,12,17H,4-7H2,1-3H3. The van der Waals surface area contributed by atoms with Gasteiger partial charge in [0.05, 0.1) is 7.57 Å². The van der Waals surface area contributed by atoms with Crippen LogP contribution in [-0.2, 0) is 0 Å². The first kappa shape index (κ1) is 15.0. The summed E-state index contributed by atoms with van der Waals surface area (Å²) in [5.41, 5.74) is 1.84. The SMILES string of the molecule is CNC(c1cc(Br)sc1Br)C1CCCCC1(C)C. The fourth-order valence-corrected chi connectivity index (χ4v) is 6.21. The third-order valence-corrected chi connectivity index (χ3v) is 6.71. The second kappa shape index (κ2) is 5.94. The lowest BCUT2D eigenvalue weighted by Gasteiger charge is -2.43. The minimum atomic E-state index is 0.430. The van der Waals surface area contributed by atoms with Crippen LogP contribution in [0, 0.1) is 11.3 Å². The normalized spacial score (nSPS) is 25.1. The smallest absolute Gasteiger partial charge is 0.0758 e. The lowest BCUT2D eigenvalue weighted by atomic mass is 9.65. The molecule has 1 saturated carbocycles. The van der Waals surface area contributed by atoms with E-state index in [1.54, 1.807) is 11.3 Å². The van der Waals surface area contributed by atoms with Crippen LogP contribution in [0.5, 0.6) is 0 Å². The van der Waals surface area contributed by atoms with Crippen molar-refractivity contribution in [2.24, 2.45) is 11.3 Å². The van der Waals surface area contributed by atoms with Gasteiger partial charge >= 0.3 is 0 Å². The second-order valence-corrected chi connectivity index (χ2v) is 9.64. The van der Waals surface area contributed by atoms with Crippen LogP contribution in [-0.4, -0.2) is 7.05 Å². The molecule has 0 saturated heterocycles. The molecule has 1 fully saturated rings. The second-order valence-electron chi connectivity index (χ2n) is 5.89. The van der Waals surface area contributed by atoms with Crippen LogP contribution < -0.4 is 5.32 Å². The molecule has 1 aliphatic carbocycles. The summed E-state index contributed by atoms with van der Waals surface area (Å²) in [6.07, 6.45) is 5.43. The Bertz CT molecular complexity index is 414. The molecule has 4 heteroatoms. The van der Waals surface area contributed by atoms with Crippen LogP contribution >= 0.6 is 43.2 Å². The highest BCUT2D eigenvalue weighted by atomic mass is 79.9. The highest BCUT2D eigenvalue weighted by Gasteiger charge is 2.38. The molecule has 2 atom stereocenters. The zero-order valence-corrected chi connectivity index (χ0v) is 15.2. The van der Waals surface area contributed by atoms with Gasteiger partial charge in [0.2, 0.25) is 0 Å². The van der Waals surface area contributed by atoms with Gasteiger partial charge in [0.25, 0.3) is 0 Å². The quantitative estimate of drug-likeness (QED) is 0.687. The lowest BCUT2D eigenvalue weighted by Crippen LogP contribution is -2.37. The number of rotatable bonds is 3. The zero-order valence-electron chi connectivity index (χ0n) is 11.2. The molecule has 0 amide bonds. The van der Waals surface area contributed by atoms with E-state index in [4.69, 9.17) is 0 Å². The van der Waals surface area contributed by atoms with E-state index >= 15 is 0 Å². The molecule has 0 aromatic carbocycles. The van der Waals surface area contributed by atoms with E-state index in [0.29, 0.717) is 17.4 Å². The van der Waals surface area contributed by atoms with Crippen molar-refractivity contribution in [2.75, 3.05) is 7.05 Å². The van der Waals surface area contributed by atoms with Crippen molar-refractivity contribution in [1.82, 2.24) is 5.32 Å². The summed E-state index contributed by atoms with van der Waals surface area (Å²) in [6, 6.07) is 2.72. The summed E-state index contributed by atoms with van der Waals surface area (Å²) < 4.78 is 2.47. The number of nitrogens with one attached hydrogen (secondary N) is 1. The third-order valence-electron chi connectivity index (χ3n) is 4.32. The number of halogens is 2. The number of hydrogen-bond donors (Lipinski definition) is 1.